The highest BCUT2D eigenvalue weighted by Gasteiger charge is 2.26. The van der Waals surface area contributed by atoms with Crippen molar-refractivity contribution in [1.82, 2.24) is 10.6 Å². The fraction of sp³-hybridized carbons (Fsp3) is 0.400. The monoisotopic (exact) mass is 340 g/mol. The molecule has 1 aliphatic heterocycles. The number of hydrogen-bond acceptors (Lipinski definition) is 4. The second kappa shape index (κ2) is 9.12. The molecule has 126 valence electrons. The lowest BCUT2D eigenvalue weighted by molar-refractivity contribution is -0.125. The number of hydrogen-bond donors (Lipinski definition) is 3. The average molecular weight is 341 g/mol. The van der Waals surface area contributed by atoms with Gasteiger partial charge < -0.3 is 20.9 Å². The Morgan fingerprint density at radius 1 is 1.22 bits per heavy atom. The van der Waals surface area contributed by atoms with E-state index in [-0.39, 0.29) is 49.5 Å². The van der Waals surface area contributed by atoms with Gasteiger partial charge in [-0.3, -0.25) is 14.4 Å². The first-order valence-corrected chi connectivity index (χ1v) is 7.22. The lowest BCUT2D eigenvalue weighted by Gasteiger charge is -2.29. The van der Waals surface area contributed by atoms with Crippen LogP contribution in [0.3, 0.4) is 0 Å². The highest BCUT2D eigenvalue weighted by Crippen LogP contribution is 2.29. The molecule has 8 heteroatoms. The molecule has 2 rings (SSSR count). The molecule has 0 aliphatic carbocycles. The summed E-state index contributed by atoms with van der Waals surface area (Å²) < 4.78 is 0. The van der Waals surface area contributed by atoms with Gasteiger partial charge in [0.15, 0.2) is 0 Å². The van der Waals surface area contributed by atoms with E-state index >= 15 is 0 Å². The molecule has 23 heavy (non-hydrogen) atoms. The quantitative estimate of drug-likeness (QED) is 0.658. The molecular weight excluding hydrogens is 320 g/mol. The Kier molecular flexibility index (Phi) is 7.50. The Hall–Kier alpha value is -2.12. The molecule has 1 heterocycles. The zero-order valence-corrected chi connectivity index (χ0v) is 13.7. The fourth-order valence-electron chi connectivity index (χ4n) is 2.23. The summed E-state index contributed by atoms with van der Waals surface area (Å²) in [7, 11) is 1.80. The van der Waals surface area contributed by atoms with Gasteiger partial charge in [0.25, 0.3) is 0 Å². The van der Waals surface area contributed by atoms with Gasteiger partial charge in [-0.2, -0.15) is 0 Å². The minimum Gasteiger partial charge on any atom is -0.355 e. The normalized spacial score (nSPS) is 12.7. The van der Waals surface area contributed by atoms with Crippen LogP contribution in [0.1, 0.15) is 12.8 Å². The molecule has 0 bridgehead atoms. The van der Waals surface area contributed by atoms with Gasteiger partial charge in [0.05, 0.1) is 11.4 Å². The molecule has 0 spiro atoms. The summed E-state index contributed by atoms with van der Waals surface area (Å²) in [5, 5.41) is 8.36. The van der Waals surface area contributed by atoms with Gasteiger partial charge in [-0.1, -0.05) is 12.1 Å². The third-order valence-electron chi connectivity index (χ3n) is 3.33. The average Bonchev–Trinajstić information content (AvgIpc) is 2.52. The predicted octanol–water partition coefficient (Wildman–Crippen LogP) is 0.509. The number of anilines is 2. The van der Waals surface area contributed by atoms with Crippen molar-refractivity contribution in [3.05, 3.63) is 24.3 Å². The highest BCUT2D eigenvalue weighted by molar-refractivity contribution is 6.10. The van der Waals surface area contributed by atoms with E-state index in [0.29, 0.717) is 24.5 Å². The minimum absolute atomic E-state index is 0. The van der Waals surface area contributed by atoms with Gasteiger partial charge in [0.2, 0.25) is 17.7 Å². The number of likely N-dealkylation sites (N-methyl/N-ethyl adjacent to an activating group) is 1. The van der Waals surface area contributed by atoms with Crippen LogP contribution in [-0.4, -0.2) is 44.4 Å². The first kappa shape index (κ1) is 18.9. The van der Waals surface area contributed by atoms with Gasteiger partial charge in [-0.25, -0.2) is 0 Å². The maximum absolute atomic E-state index is 12.3. The van der Waals surface area contributed by atoms with Crippen LogP contribution in [0.15, 0.2) is 24.3 Å². The van der Waals surface area contributed by atoms with E-state index in [1.807, 2.05) is 0 Å². The number of halogens is 1. The first-order chi connectivity index (χ1) is 10.6. The second-order valence-corrected chi connectivity index (χ2v) is 5.00. The lowest BCUT2D eigenvalue weighted by atomic mass is 10.1. The summed E-state index contributed by atoms with van der Waals surface area (Å²) in [6.07, 6.45) is 0.190. The first-order valence-electron chi connectivity index (χ1n) is 7.22. The fourth-order valence-corrected chi connectivity index (χ4v) is 2.23. The van der Waals surface area contributed by atoms with E-state index in [4.69, 9.17) is 0 Å². The lowest BCUT2D eigenvalue weighted by Crippen LogP contribution is -2.42. The Balaban J connectivity index is 0.00000264. The van der Waals surface area contributed by atoms with Crippen LogP contribution in [0, 0.1) is 0 Å². The number of benzene rings is 1. The molecule has 0 radical (unpaired) electrons. The van der Waals surface area contributed by atoms with E-state index in [2.05, 4.69) is 16.0 Å². The highest BCUT2D eigenvalue weighted by atomic mass is 35.5. The Morgan fingerprint density at radius 2 is 1.96 bits per heavy atom. The van der Waals surface area contributed by atoms with Crippen molar-refractivity contribution in [2.75, 3.05) is 36.9 Å². The van der Waals surface area contributed by atoms with Crippen molar-refractivity contribution >= 4 is 41.5 Å². The second-order valence-electron chi connectivity index (χ2n) is 5.00. The Bertz CT molecular complexity index is 580. The third kappa shape index (κ3) is 5.22. The molecule has 0 saturated carbocycles. The summed E-state index contributed by atoms with van der Waals surface area (Å²) in [5.41, 5.74) is 1.29. The van der Waals surface area contributed by atoms with E-state index in [9.17, 15) is 14.4 Å². The largest absolute Gasteiger partial charge is 0.355 e. The summed E-state index contributed by atoms with van der Waals surface area (Å²) in [6, 6.07) is 7.13. The van der Waals surface area contributed by atoms with Crippen molar-refractivity contribution in [2.45, 2.75) is 12.8 Å². The number of carbonyl (C=O) groups is 3. The topological polar surface area (TPSA) is 90.5 Å². The van der Waals surface area contributed by atoms with Crippen molar-refractivity contribution in [3.8, 4) is 0 Å². The van der Waals surface area contributed by atoms with Crippen LogP contribution in [0.4, 0.5) is 11.4 Å². The standard InChI is InChI=1S/C15H20N4O3.ClH/c1-16-8-9-17-13(20)6-7-15(22)19-10-14(21)18-11-4-2-3-5-12(11)19;/h2-5,16H,6-10H2,1H3,(H,17,20)(H,18,21);1H. The van der Waals surface area contributed by atoms with Crippen molar-refractivity contribution in [1.29, 1.82) is 0 Å². The number of rotatable bonds is 6. The molecule has 0 fully saturated rings. The van der Waals surface area contributed by atoms with Crippen LogP contribution in [-0.2, 0) is 14.4 Å². The molecule has 3 N–H and O–H groups in total. The van der Waals surface area contributed by atoms with E-state index in [1.54, 1.807) is 31.3 Å². The smallest absolute Gasteiger partial charge is 0.244 e. The van der Waals surface area contributed by atoms with Gasteiger partial charge in [0, 0.05) is 25.9 Å². The van der Waals surface area contributed by atoms with Crippen LogP contribution in [0.25, 0.3) is 0 Å². The van der Waals surface area contributed by atoms with Gasteiger partial charge >= 0.3 is 0 Å². The molecular formula is C15H21ClN4O3. The maximum Gasteiger partial charge on any atom is 0.244 e. The van der Waals surface area contributed by atoms with Crippen LogP contribution in [0.2, 0.25) is 0 Å². The molecule has 0 atom stereocenters. The van der Waals surface area contributed by atoms with Gasteiger partial charge in [-0.05, 0) is 19.2 Å². The van der Waals surface area contributed by atoms with E-state index in [0.717, 1.165) is 0 Å². The number of nitrogens with one attached hydrogen (secondary N) is 3. The van der Waals surface area contributed by atoms with Gasteiger partial charge in [-0.15, -0.1) is 12.4 Å². The number of fused-ring (bicyclic) bond motifs is 1. The van der Waals surface area contributed by atoms with Crippen molar-refractivity contribution < 1.29 is 14.4 Å². The molecule has 1 aliphatic rings. The van der Waals surface area contributed by atoms with E-state index in [1.165, 1.54) is 4.90 Å². The Labute approximate surface area is 141 Å². The van der Waals surface area contributed by atoms with Gasteiger partial charge in [0.1, 0.15) is 6.54 Å². The molecule has 0 unspecified atom stereocenters. The van der Waals surface area contributed by atoms with Crippen LogP contribution < -0.4 is 20.9 Å². The third-order valence-corrected chi connectivity index (χ3v) is 3.33. The molecule has 0 saturated heterocycles. The minimum atomic E-state index is -0.231. The number of carbonyl (C=O) groups excluding carboxylic acids is 3. The predicted molar refractivity (Wildman–Crippen MR) is 90.8 cm³/mol. The summed E-state index contributed by atoms with van der Waals surface area (Å²) >= 11 is 0. The summed E-state index contributed by atoms with van der Waals surface area (Å²) in [5.74, 6) is -0.630. The SMILES string of the molecule is CNCCNC(=O)CCC(=O)N1CC(=O)Nc2ccccc21.Cl. The van der Waals surface area contributed by atoms with Crippen LogP contribution in [0.5, 0.6) is 0 Å². The molecule has 3 amide bonds. The maximum atomic E-state index is 12.3. The zero-order valence-electron chi connectivity index (χ0n) is 12.9. The zero-order chi connectivity index (χ0) is 15.9. The van der Waals surface area contributed by atoms with Crippen LogP contribution >= 0.6 is 12.4 Å². The summed E-state index contributed by atoms with van der Waals surface area (Å²) in [6.45, 7) is 1.19. The number of nitrogens with zero attached hydrogens (tertiary/aromatic N) is 1. The summed E-state index contributed by atoms with van der Waals surface area (Å²) in [4.78, 5) is 37.0. The number of amides is 3. The number of para-hydroxylation sites is 2. The molecule has 7 nitrogen and oxygen atoms in total. The molecule has 1 aromatic rings. The van der Waals surface area contributed by atoms with E-state index < -0.39 is 0 Å². The van der Waals surface area contributed by atoms with Crippen molar-refractivity contribution in [3.63, 3.8) is 0 Å². The van der Waals surface area contributed by atoms with Crippen molar-refractivity contribution in [2.24, 2.45) is 0 Å². The molecule has 0 aromatic heterocycles. The Morgan fingerprint density at radius 3 is 2.70 bits per heavy atom. The molecule has 1 aromatic carbocycles.